The van der Waals surface area contributed by atoms with Crippen LogP contribution in [0.15, 0.2) is 71.2 Å². The Bertz CT molecular complexity index is 1240. The molecule has 0 amide bonds. The highest BCUT2D eigenvalue weighted by Crippen LogP contribution is 2.31. The van der Waals surface area contributed by atoms with Crippen LogP contribution in [0.3, 0.4) is 0 Å². The van der Waals surface area contributed by atoms with Gasteiger partial charge in [-0.25, -0.2) is 18.4 Å². The van der Waals surface area contributed by atoms with Gasteiger partial charge >= 0.3 is 0 Å². The largest absolute Gasteiger partial charge is 0.497 e. The fourth-order valence-electron chi connectivity index (χ4n) is 2.73. The van der Waals surface area contributed by atoms with Crippen molar-refractivity contribution in [3.8, 4) is 17.4 Å². The molecule has 148 valence electrons. The number of fused-ring (bicyclic) bond motifs is 1. The zero-order valence-corrected chi connectivity index (χ0v) is 17.3. The lowest BCUT2D eigenvalue weighted by atomic mass is 10.3. The van der Waals surface area contributed by atoms with Gasteiger partial charge in [0.1, 0.15) is 22.7 Å². The average molecular weight is 428 g/mol. The first-order valence-electron chi connectivity index (χ1n) is 8.58. The number of methoxy groups -OCH3 is 1. The molecule has 29 heavy (non-hydrogen) atoms. The number of thiophene rings is 1. The van der Waals surface area contributed by atoms with Crippen molar-refractivity contribution < 1.29 is 17.9 Å². The second-order valence-corrected chi connectivity index (χ2v) is 8.93. The SMILES string of the molecule is COc1ccc(S(=O)(=O)N(C)c2ccc(Oc3ncnc4sccc34)cc2)cc1. The lowest BCUT2D eigenvalue weighted by Crippen LogP contribution is -2.26. The van der Waals surface area contributed by atoms with Crippen LogP contribution in [0.1, 0.15) is 0 Å². The van der Waals surface area contributed by atoms with Crippen molar-refractivity contribution in [1.82, 2.24) is 9.97 Å². The van der Waals surface area contributed by atoms with E-state index in [1.807, 2.05) is 11.4 Å². The number of rotatable bonds is 6. The lowest BCUT2D eigenvalue weighted by molar-refractivity contribution is 0.414. The number of sulfonamides is 1. The fourth-order valence-corrected chi connectivity index (χ4v) is 4.65. The Kier molecular flexibility index (Phi) is 5.08. The van der Waals surface area contributed by atoms with Crippen molar-refractivity contribution in [3.05, 3.63) is 66.3 Å². The third kappa shape index (κ3) is 3.74. The molecule has 2 aromatic carbocycles. The van der Waals surface area contributed by atoms with Crippen LogP contribution in [-0.2, 0) is 10.0 Å². The van der Waals surface area contributed by atoms with Gasteiger partial charge in [0.25, 0.3) is 10.0 Å². The van der Waals surface area contributed by atoms with Crippen LogP contribution < -0.4 is 13.8 Å². The van der Waals surface area contributed by atoms with E-state index < -0.39 is 10.0 Å². The maximum absolute atomic E-state index is 12.9. The maximum atomic E-state index is 12.9. The minimum atomic E-state index is -3.69. The van der Waals surface area contributed by atoms with Crippen LogP contribution in [-0.4, -0.2) is 32.5 Å². The van der Waals surface area contributed by atoms with Gasteiger partial charge in [-0.15, -0.1) is 11.3 Å². The highest BCUT2D eigenvalue weighted by atomic mass is 32.2. The molecular weight excluding hydrogens is 410 g/mol. The third-order valence-electron chi connectivity index (χ3n) is 4.36. The molecule has 7 nitrogen and oxygen atoms in total. The highest BCUT2D eigenvalue weighted by molar-refractivity contribution is 7.92. The Morgan fingerprint density at radius 3 is 2.31 bits per heavy atom. The number of hydrogen-bond acceptors (Lipinski definition) is 7. The molecule has 0 radical (unpaired) electrons. The van der Waals surface area contributed by atoms with E-state index in [4.69, 9.17) is 9.47 Å². The Morgan fingerprint density at radius 1 is 0.931 bits per heavy atom. The van der Waals surface area contributed by atoms with Crippen molar-refractivity contribution >= 4 is 37.3 Å². The van der Waals surface area contributed by atoms with Crippen molar-refractivity contribution in [1.29, 1.82) is 0 Å². The Morgan fingerprint density at radius 2 is 1.62 bits per heavy atom. The Balaban J connectivity index is 1.55. The number of benzene rings is 2. The van der Waals surface area contributed by atoms with Gasteiger partial charge in [0.15, 0.2) is 0 Å². The van der Waals surface area contributed by atoms with E-state index in [-0.39, 0.29) is 4.90 Å². The van der Waals surface area contributed by atoms with Crippen LogP contribution in [0.5, 0.6) is 17.4 Å². The molecule has 0 unspecified atom stereocenters. The molecule has 2 aromatic heterocycles. The first-order valence-corrected chi connectivity index (χ1v) is 10.9. The molecule has 0 saturated heterocycles. The van der Waals surface area contributed by atoms with Gasteiger partial charge in [0.05, 0.1) is 23.1 Å². The Hall–Kier alpha value is -3.17. The van der Waals surface area contributed by atoms with Gasteiger partial charge in [-0.2, -0.15) is 0 Å². The minimum absolute atomic E-state index is 0.182. The summed E-state index contributed by atoms with van der Waals surface area (Å²) in [5.41, 5.74) is 0.511. The number of nitrogens with zero attached hydrogens (tertiary/aromatic N) is 3. The standard InChI is InChI=1S/C20H17N3O4S2/c1-23(29(24,25)17-9-7-15(26-2)8-10-17)14-3-5-16(6-4-14)27-19-18-11-12-28-20(18)22-13-21-19/h3-13H,1-2H3. The molecule has 4 aromatic rings. The van der Waals surface area contributed by atoms with Crippen molar-refractivity contribution in [2.75, 3.05) is 18.5 Å². The predicted molar refractivity (Wildman–Crippen MR) is 113 cm³/mol. The van der Waals surface area contributed by atoms with Crippen LogP contribution >= 0.6 is 11.3 Å². The first kappa shape index (κ1) is 19.2. The zero-order chi connectivity index (χ0) is 20.4. The van der Waals surface area contributed by atoms with Gasteiger partial charge in [0.2, 0.25) is 5.88 Å². The molecule has 0 fully saturated rings. The molecule has 0 atom stereocenters. The quantitative estimate of drug-likeness (QED) is 0.456. The van der Waals surface area contributed by atoms with Gasteiger partial charge < -0.3 is 9.47 Å². The summed E-state index contributed by atoms with van der Waals surface area (Å²) in [6.45, 7) is 0. The van der Waals surface area contributed by atoms with Gasteiger partial charge in [-0.05, 0) is 60.0 Å². The van der Waals surface area contributed by atoms with Gasteiger partial charge in [-0.1, -0.05) is 0 Å². The summed E-state index contributed by atoms with van der Waals surface area (Å²) >= 11 is 1.51. The van der Waals surface area contributed by atoms with Gasteiger partial charge in [0, 0.05) is 7.05 Å². The summed E-state index contributed by atoms with van der Waals surface area (Å²) in [4.78, 5) is 9.40. The van der Waals surface area contributed by atoms with E-state index in [0.29, 0.717) is 23.1 Å². The first-order chi connectivity index (χ1) is 14.0. The van der Waals surface area contributed by atoms with Crippen molar-refractivity contribution in [2.45, 2.75) is 4.90 Å². The molecule has 0 spiro atoms. The number of anilines is 1. The number of hydrogen-bond donors (Lipinski definition) is 0. The smallest absolute Gasteiger partial charge is 0.264 e. The molecule has 0 bridgehead atoms. The second kappa shape index (κ2) is 7.69. The molecular formula is C20H17N3O4S2. The van der Waals surface area contributed by atoms with Crippen LogP contribution in [0.2, 0.25) is 0 Å². The van der Waals surface area contributed by atoms with E-state index >= 15 is 0 Å². The zero-order valence-electron chi connectivity index (χ0n) is 15.6. The molecule has 9 heteroatoms. The molecule has 0 aliphatic rings. The average Bonchev–Trinajstić information content (AvgIpc) is 3.24. The number of aromatic nitrogens is 2. The second-order valence-electron chi connectivity index (χ2n) is 6.06. The lowest BCUT2D eigenvalue weighted by Gasteiger charge is -2.20. The highest BCUT2D eigenvalue weighted by Gasteiger charge is 2.21. The summed E-state index contributed by atoms with van der Waals surface area (Å²) < 4.78 is 37.9. The molecule has 4 rings (SSSR count). The van der Waals surface area contributed by atoms with Crippen LogP contribution in [0.4, 0.5) is 5.69 Å². The Labute approximate surface area is 172 Å². The summed E-state index contributed by atoms with van der Waals surface area (Å²) in [5, 5.41) is 2.76. The predicted octanol–water partition coefficient (Wildman–Crippen LogP) is 4.32. The van der Waals surface area contributed by atoms with E-state index in [1.165, 1.54) is 48.3 Å². The maximum Gasteiger partial charge on any atom is 0.264 e. The fraction of sp³-hybridized carbons (Fsp3) is 0.100. The van der Waals surface area contributed by atoms with Gasteiger partial charge in [-0.3, -0.25) is 4.31 Å². The normalized spacial score (nSPS) is 11.4. The van der Waals surface area contributed by atoms with E-state index in [1.54, 1.807) is 36.4 Å². The van der Waals surface area contributed by atoms with E-state index in [9.17, 15) is 8.42 Å². The van der Waals surface area contributed by atoms with Crippen molar-refractivity contribution in [2.24, 2.45) is 0 Å². The molecule has 0 N–H and O–H groups in total. The van der Waals surface area contributed by atoms with E-state index in [0.717, 1.165) is 10.2 Å². The molecule has 0 saturated carbocycles. The monoisotopic (exact) mass is 427 g/mol. The van der Waals surface area contributed by atoms with E-state index in [2.05, 4.69) is 9.97 Å². The third-order valence-corrected chi connectivity index (χ3v) is 6.98. The molecule has 2 heterocycles. The van der Waals surface area contributed by atoms with Crippen LogP contribution in [0.25, 0.3) is 10.2 Å². The number of ether oxygens (including phenoxy) is 2. The molecule has 0 aliphatic carbocycles. The van der Waals surface area contributed by atoms with Crippen LogP contribution in [0, 0.1) is 0 Å². The summed E-state index contributed by atoms with van der Waals surface area (Å²) in [6.07, 6.45) is 1.46. The molecule has 0 aliphatic heterocycles. The topological polar surface area (TPSA) is 81.6 Å². The van der Waals surface area contributed by atoms with Crippen molar-refractivity contribution in [3.63, 3.8) is 0 Å². The summed E-state index contributed by atoms with van der Waals surface area (Å²) in [5.74, 6) is 1.61. The minimum Gasteiger partial charge on any atom is -0.497 e. The summed E-state index contributed by atoms with van der Waals surface area (Å²) in [7, 11) is -0.652. The summed E-state index contributed by atoms with van der Waals surface area (Å²) in [6, 6.07) is 14.9.